The average Bonchev–Trinajstić information content (AvgIpc) is 2.46. The molecule has 0 aliphatic carbocycles. The highest BCUT2D eigenvalue weighted by Crippen LogP contribution is 2.23. The molecule has 0 bridgehead atoms. The number of hydrogen-bond donors (Lipinski definition) is 0. The van der Waals surface area contributed by atoms with Gasteiger partial charge in [0.15, 0.2) is 0 Å². The van der Waals surface area contributed by atoms with E-state index in [1.54, 1.807) is 30.0 Å². The molecule has 114 valence electrons. The van der Waals surface area contributed by atoms with Gasteiger partial charge in [-0.05, 0) is 38.0 Å². The second-order valence-corrected chi connectivity index (χ2v) is 5.85. The van der Waals surface area contributed by atoms with Crippen LogP contribution in [0.25, 0.3) is 0 Å². The number of piperidine rings is 1. The van der Waals surface area contributed by atoms with E-state index in [2.05, 4.69) is 0 Å². The highest BCUT2D eigenvalue weighted by Gasteiger charge is 2.28. The van der Waals surface area contributed by atoms with Crippen molar-refractivity contribution in [2.24, 2.45) is 5.92 Å². The molecule has 1 aromatic rings. The van der Waals surface area contributed by atoms with Crippen molar-refractivity contribution in [3.63, 3.8) is 0 Å². The number of carbonyl (C=O) groups is 2. The molecule has 0 N–H and O–H groups in total. The van der Waals surface area contributed by atoms with Crippen molar-refractivity contribution >= 4 is 35.1 Å². The third-order valence-corrected chi connectivity index (χ3v) is 3.95. The first-order valence-electron chi connectivity index (χ1n) is 6.93. The van der Waals surface area contributed by atoms with Crippen molar-refractivity contribution in [3.8, 4) is 0 Å². The standard InChI is InChI=1S/C15H17Cl2NO3/c1-2-21-15(20)10-3-5-18(6-4-10)14(19)11-7-12(16)9-13(17)8-11/h7-10H,2-6H2,1H3. The molecule has 4 nitrogen and oxygen atoms in total. The van der Waals surface area contributed by atoms with Gasteiger partial charge in [0.1, 0.15) is 0 Å². The zero-order valence-electron chi connectivity index (χ0n) is 11.8. The molecule has 0 saturated carbocycles. The van der Waals surface area contributed by atoms with Crippen molar-refractivity contribution in [2.75, 3.05) is 19.7 Å². The molecule has 0 atom stereocenters. The van der Waals surface area contributed by atoms with Gasteiger partial charge in [0.25, 0.3) is 5.91 Å². The lowest BCUT2D eigenvalue weighted by Crippen LogP contribution is -2.40. The van der Waals surface area contributed by atoms with Crippen LogP contribution < -0.4 is 0 Å². The first-order valence-corrected chi connectivity index (χ1v) is 7.69. The number of halogens is 2. The Hall–Kier alpha value is -1.26. The fraction of sp³-hybridized carbons (Fsp3) is 0.467. The number of hydrogen-bond acceptors (Lipinski definition) is 3. The molecule has 0 aromatic heterocycles. The fourth-order valence-corrected chi connectivity index (χ4v) is 2.96. The van der Waals surface area contributed by atoms with Crippen molar-refractivity contribution < 1.29 is 14.3 Å². The molecular weight excluding hydrogens is 313 g/mol. The summed E-state index contributed by atoms with van der Waals surface area (Å²) >= 11 is 11.8. The summed E-state index contributed by atoms with van der Waals surface area (Å²) in [4.78, 5) is 25.8. The molecule has 0 spiro atoms. The van der Waals surface area contributed by atoms with Crippen LogP contribution in [0.3, 0.4) is 0 Å². The van der Waals surface area contributed by atoms with Crippen LogP contribution in [0, 0.1) is 5.92 Å². The lowest BCUT2D eigenvalue weighted by atomic mass is 9.96. The number of esters is 1. The molecule has 0 radical (unpaired) electrons. The highest BCUT2D eigenvalue weighted by molar-refractivity contribution is 6.35. The lowest BCUT2D eigenvalue weighted by Gasteiger charge is -2.31. The summed E-state index contributed by atoms with van der Waals surface area (Å²) in [7, 11) is 0. The minimum absolute atomic E-state index is 0.110. The zero-order chi connectivity index (χ0) is 15.4. The molecule has 1 heterocycles. The van der Waals surface area contributed by atoms with Crippen LogP contribution in [0.2, 0.25) is 10.0 Å². The fourth-order valence-electron chi connectivity index (χ4n) is 2.44. The van der Waals surface area contributed by atoms with E-state index in [0.29, 0.717) is 48.1 Å². The summed E-state index contributed by atoms with van der Waals surface area (Å²) in [6.07, 6.45) is 1.25. The SMILES string of the molecule is CCOC(=O)C1CCN(C(=O)c2cc(Cl)cc(Cl)c2)CC1. The number of ether oxygens (including phenoxy) is 1. The van der Waals surface area contributed by atoms with Gasteiger partial charge in [-0.2, -0.15) is 0 Å². The van der Waals surface area contributed by atoms with E-state index in [9.17, 15) is 9.59 Å². The van der Waals surface area contributed by atoms with Crippen LogP contribution in [0.1, 0.15) is 30.1 Å². The second-order valence-electron chi connectivity index (χ2n) is 4.98. The molecule has 1 amide bonds. The number of likely N-dealkylation sites (tertiary alicyclic amines) is 1. The third-order valence-electron chi connectivity index (χ3n) is 3.51. The van der Waals surface area contributed by atoms with Crippen LogP contribution in [0.4, 0.5) is 0 Å². The lowest BCUT2D eigenvalue weighted by molar-refractivity contribution is -0.149. The first kappa shape index (κ1) is 16.1. The zero-order valence-corrected chi connectivity index (χ0v) is 13.3. The quantitative estimate of drug-likeness (QED) is 0.798. The van der Waals surface area contributed by atoms with Gasteiger partial charge in [0.2, 0.25) is 0 Å². The van der Waals surface area contributed by atoms with Crippen molar-refractivity contribution in [1.29, 1.82) is 0 Å². The molecule has 1 aliphatic rings. The van der Waals surface area contributed by atoms with E-state index in [1.165, 1.54) is 0 Å². The number of rotatable bonds is 3. The van der Waals surface area contributed by atoms with E-state index < -0.39 is 0 Å². The number of benzene rings is 1. The Morgan fingerprint density at radius 2 is 1.76 bits per heavy atom. The van der Waals surface area contributed by atoms with Crippen molar-refractivity contribution in [3.05, 3.63) is 33.8 Å². The Bertz CT molecular complexity index is 519. The van der Waals surface area contributed by atoms with Crippen LogP contribution in [0.15, 0.2) is 18.2 Å². The Labute approximate surface area is 134 Å². The van der Waals surface area contributed by atoms with Gasteiger partial charge in [-0.25, -0.2) is 0 Å². The van der Waals surface area contributed by atoms with Gasteiger partial charge >= 0.3 is 5.97 Å². The summed E-state index contributed by atoms with van der Waals surface area (Å²) < 4.78 is 5.02. The normalized spacial score (nSPS) is 15.9. The van der Waals surface area contributed by atoms with Crippen molar-refractivity contribution in [2.45, 2.75) is 19.8 Å². The largest absolute Gasteiger partial charge is 0.466 e. The van der Waals surface area contributed by atoms with Crippen molar-refractivity contribution in [1.82, 2.24) is 4.90 Å². The van der Waals surface area contributed by atoms with E-state index in [0.717, 1.165) is 0 Å². The van der Waals surface area contributed by atoms with Crippen LogP contribution in [-0.2, 0) is 9.53 Å². The number of nitrogens with zero attached hydrogens (tertiary/aromatic N) is 1. The van der Waals surface area contributed by atoms with Crippen LogP contribution >= 0.6 is 23.2 Å². The molecule has 0 unspecified atom stereocenters. The number of amides is 1. The monoisotopic (exact) mass is 329 g/mol. The van der Waals surface area contributed by atoms with Gasteiger partial charge in [0, 0.05) is 28.7 Å². The molecule has 1 aromatic carbocycles. The predicted octanol–water partition coefficient (Wildman–Crippen LogP) is 3.41. The van der Waals surface area contributed by atoms with Gasteiger partial charge in [-0.15, -0.1) is 0 Å². The molecule has 1 aliphatic heterocycles. The highest BCUT2D eigenvalue weighted by atomic mass is 35.5. The number of carbonyl (C=O) groups excluding carboxylic acids is 2. The summed E-state index contributed by atoms with van der Waals surface area (Å²) in [6, 6.07) is 4.80. The smallest absolute Gasteiger partial charge is 0.309 e. The molecule has 1 fully saturated rings. The Kier molecular flexibility index (Phi) is 5.48. The summed E-state index contributed by atoms with van der Waals surface area (Å²) in [5, 5.41) is 0.875. The van der Waals surface area contributed by atoms with Gasteiger partial charge in [0.05, 0.1) is 12.5 Å². The topological polar surface area (TPSA) is 46.6 Å². The molecular formula is C15H17Cl2NO3. The van der Waals surface area contributed by atoms with Crippen LogP contribution in [0.5, 0.6) is 0 Å². The Morgan fingerprint density at radius 3 is 2.29 bits per heavy atom. The molecule has 1 saturated heterocycles. The molecule has 2 rings (SSSR count). The van der Waals surface area contributed by atoms with Crippen LogP contribution in [-0.4, -0.2) is 36.5 Å². The van der Waals surface area contributed by atoms with E-state index in [1.807, 2.05) is 0 Å². The minimum Gasteiger partial charge on any atom is -0.466 e. The third kappa shape index (κ3) is 4.11. The van der Waals surface area contributed by atoms with Gasteiger partial charge in [-0.3, -0.25) is 9.59 Å². The molecule has 6 heteroatoms. The van der Waals surface area contributed by atoms with Gasteiger partial charge < -0.3 is 9.64 Å². The van der Waals surface area contributed by atoms with E-state index >= 15 is 0 Å². The van der Waals surface area contributed by atoms with E-state index in [-0.39, 0.29) is 17.8 Å². The second kappa shape index (κ2) is 7.14. The predicted molar refractivity (Wildman–Crippen MR) is 81.7 cm³/mol. The maximum absolute atomic E-state index is 12.4. The summed E-state index contributed by atoms with van der Waals surface area (Å²) in [6.45, 7) is 3.25. The van der Waals surface area contributed by atoms with Gasteiger partial charge in [-0.1, -0.05) is 23.2 Å². The van der Waals surface area contributed by atoms with E-state index in [4.69, 9.17) is 27.9 Å². The average molecular weight is 330 g/mol. The Balaban J connectivity index is 1.98. The first-order chi connectivity index (χ1) is 10.0. The minimum atomic E-state index is -0.171. The summed E-state index contributed by atoms with van der Waals surface area (Å²) in [5.41, 5.74) is 0.474. The summed E-state index contributed by atoms with van der Waals surface area (Å²) in [5.74, 6) is -0.394. The maximum Gasteiger partial charge on any atom is 0.309 e. The maximum atomic E-state index is 12.4. The molecule has 21 heavy (non-hydrogen) atoms. The Morgan fingerprint density at radius 1 is 1.19 bits per heavy atom.